The first-order valence-corrected chi connectivity index (χ1v) is 12.4. The first-order valence-electron chi connectivity index (χ1n) is 6.24. The number of halogens is 2. The van der Waals surface area contributed by atoms with Gasteiger partial charge in [-0.15, -0.1) is 0 Å². The Morgan fingerprint density at radius 1 is 1.05 bits per heavy atom. The third-order valence-electron chi connectivity index (χ3n) is 2.73. The Hall–Kier alpha value is 0.380. The standard InChI is InChI=1S/C9H13.C5H5.C2H6Si.2ClH.Zr/c1-6-5-7(2)9(4)8(6)3;1-2-4-5-3-1;1-3-2;;;/h5H,1-4H3;1-5H;1-2H3;2*1H;/q2*-1;;;;+2/p-2. The Labute approximate surface area is 152 Å². The van der Waals surface area contributed by atoms with Crippen LogP contribution in [0.4, 0.5) is 0 Å². The van der Waals surface area contributed by atoms with Gasteiger partial charge in [0.25, 0.3) is 0 Å². The number of aryl methyl sites for hydroxylation is 2. The van der Waals surface area contributed by atoms with Crippen molar-refractivity contribution in [3.8, 4) is 0 Å². The van der Waals surface area contributed by atoms with Crippen LogP contribution in [0, 0.1) is 27.7 Å². The Kier molecular flexibility index (Phi) is 18.1. The molecule has 112 valence electrons. The van der Waals surface area contributed by atoms with E-state index >= 15 is 0 Å². The zero-order valence-corrected chi connectivity index (χ0v) is 18.2. The van der Waals surface area contributed by atoms with Gasteiger partial charge in [0.15, 0.2) is 0 Å². The fourth-order valence-electron chi connectivity index (χ4n) is 1.45. The molecule has 2 aromatic carbocycles. The van der Waals surface area contributed by atoms with Crippen LogP contribution in [-0.2, 0) is 23.3 Å². The van der Waals surface area contributed by atoms with E-state index in [1.54, 1.807) is 23.3 Å². The molecule has 0 fully saturated rings. The van der Waals surface area contributed by atoms with Crippen LogP contribution in [0.25, 0.3) is 0 Å². The van der Waals surface area contributed by atoms with E-state index < -0.39 is 0 Å². The molecule has 2 aromatic rings. The predicted molar refractivity (Wildman–Crippen MR) is 80.5 cm³/mol. The van der Waals surface area contributed by atoms with Crippen LogP contribution in [0.3, 0.4) is 0 Å². The minimum atomic E-state index is 0. The molecule has 0 N–H and O–H groups in total. The average molecular weight is 407 g/mol. The minimum absolute atomic E-state index is 0. The average Bonchev–Trinajstić information content (AvgIpc) is 2.89. The van der Waals surface area contributed by atoms with E-state index in [-0.39, 0.29) is 30.2 Å². The summed E-state index contributed by atoms with van der Waals surface area (Å²) in [7, 11) is 0. The maximum Gasteiger partial charge on any atom is -0.0630 e. The van der Waals surface area contributed by atoms with E-state index in [0.29, 0.717) is 0 Å². The van der Waals surface area contributed by atoms with Crippen molar-refractivity contribution in [2.45, 2.75) is 40.8 Å². The summed E-state index contributed by atoms with van der Waals surface area (Å²) in [5.74, 6) is 0. The maximum atomic E-state index is 2.31. The zero-order valence-electron chi connectivity index (χ0n) is 13.2. The molecular formula is C16H24Cl2SiZr-2. The number of rotatable bonds is 0. The molecule has 0 bridgehead atoms. The van der Waals surface area contributed by atoms with Crippen molar-refractivity contribution >= 4 is 5.43 Å². The van der Waals surface area contributed by atoms with Crippen molar-refractivity contribution < 1.29 is 48.1 Å². The smallest absolute Gasteiger partial charge is 0.0630 e. The quantitative estimate of drug-likeness (QED) is 0.382. The largest absolute Gasteiger partial charge is 1.00 e. The van der Waals surface area contributed by atoms with Gasteiger partial charge < -0.3 is 24.8 Å². The van der Waals surface area contributed by atoms with E-state index in [0.717, 1.165) is 0 Å². The van der Waals surface area contributed by atoms with E-state index in [1.165, 1.54) is 22.3 Å². The second-order valence-corrected chi connectivity index (χ2v) is 14.1. The molecule has 0 atom stereocenters. The van der Waals surface area contributed by atoms with Gasteiger partial charge in [0.05, 0.1) is 0 Å². The summed E-state index contributed by atoms with van der Waals surface area (Å²) in [4.78, 5) is 0. The molecule has 0 heterocycles. The Balaban J connectivity index is -0.000000228. The normalized spacial score (nSPS) is 8.00. The molecule has 0 nitrogen and oxygen atoms in total. The summed E-state index contributed by atoms with van der Waals surface area (Å²) in [6, 6.07) is 12.2. The molecule has 0 aliphatic rings. The maximum absolute atomic E-state index is 2.31. The summed E-state index contributed by atoms with van der Waals surface area (Å²) in [6.07, 6.45) is 0. The molecule has 0 amide bonds. The molecule has 4 heteroatoms. The van der Waals surface area contributed by atoms with E-state index in [1.807, 2.05) is 30.3 Å². The van der Waals surface area contributed by atoms with Gasteiger partial charge in [-0.05, 0) is 0 Å². The summed E-state index contributed by atoms with van der Waals surface area (Å²) in [5.41, 5.74) is 5.96. The van der Waals surface area contributed by atoms with Crippen molar-refractivity contribution in [2.24, 2.45) is 0 Å². The summed E-state index contributed by atoms with van der Waals surface area (Å²) < 4.78 is 0. The third-order valence-corrected chi connectivity index (χ3v) is 2.73. The van der Waals surface area contributed by atoms with Crippen molar-refractivity contribution in [1.82, 2.24) is 0 Å². The SMILES string of the molecule is C[Si](C)=[Zr+2].Cc1c[c-](C)c(C)c1C.[Cl-].[Cl-].c1cc[cH-]c1. The summed E-state index contributed by atoms with van der Waals surface area (Å²) >= 11 is 1.74. The van der Waals surface area contributed by atoms with Gasteiger partial charge in [0.1, 0.15) is 0 Å². The van der Waals surface area contributed by atoms with E-state index in [9.17, 15) is 0 Å². The Morgan fingerprint density at radius 3 is 1.55 bits per heavy atom. The summed E-state index contributed by atoms with van der Waals surface area (Å²) in [6.45, 7) is 13.3. The van der Waals surface area contributed by atoms with Crippen LogP contribution in [0.5, 0.6) is 0 Å². The third kappa shape index (κ3) is 12.1. The van der Waals surface area contributed by atoms with Crippen LogP contribution in [-0.4, -0.2) is 5.43 Å². The summed E-state index contributed by atoms with van der Waals surface area (Å²) in [5, 5.41) is 0. The van der Waals surface area contributed by atoms with Crippen LogP contribution < -0.4 is 24.8 Å². The Bertz CT molecular complexity index is 415. The van der Waals surface area contributed by atoms with Crippen LogP contribution >= 0.6 is 0 Å². The monoisotopic (exact) mass is 404 g/mol. The Morgan fingerprint density at radius 2 is 1.45 bits per heavy atom. The molecule has 0 aromatic heterocycles. The van der Waals surface area contributed by atoms with Crippen molar-refractivity contribution in [3.63, 3.8) is 0 Å². The minimum Gasteiger partial charge on any atom is -1.00 e. The van der Waals surface area contributed by atoms with Crippen LogP contribution in [0.15, 0.2) is 36.4 Å². The van der Waals surface area contributed by atoms with Crippen LogP contribution in [0.1, 0.15) is 22.3 Å². The van der Waals surface area contributed by atoms with E-state index in [2.05, 4.69) is 46.9 Å². The van der Waals surface area contributed by atoms with Crippen molar-refractivity contribution in [3.05, 3.63) is 58.7 Å². The second-order valence-electron chi connectivity index (χ2n) is 4.72. The zero-order chi connectivity index (χ0) is 14.1. The first kappa shape index (κ1) is 25.3. The van der Waals surface area contributed by atoms with Gasteiger partial charge in [-0.3, -0.25) is 0 Å². The predicted octanol–water partition coefficient (Wildman–Crippen LogP) is -1.16. The fraction of sp³-hybridized carbons (Fsp3) is 0.375. The molecule has 0 aliphatic heterocycles. The second kappa shape index (κ2) is 14.3. The number of hydrogen-bond donors (Lipinski definition) is 0. The van der Waals surface area contributed by atoms with Crippen molar-refractivity contribution in [1.29, 1.82) is 0 Å². The van der Waals surface area contributed by atoms with Gasteiger partial charge in [-0.1, -0.05) is 27.7 Å². The van der Waals surface area contributed by atoms with Crippen LogP contribution in [0.2, 0.25) is 13.1 Å². The topological polar surface area (TPSA) is 0 Å². The fourth-order valence-corrected chi connectivity index (χ4v) is 1.45. The molecule has 0 aliphatic carbocycles. The molecule has 0 radical (unpaired) electrons. The molecule has 0 saturated carbocycles. The molecular weight excluding hydrogens is 382 g/mol. The van der Waals surface area contributed by atoms with Gasteiger partial charge in [-0.2, -0.15) is 46.5 Å². The molecule has 0 saturated heterocycles. The molecule has 0 spiro atoms. The van der Waals surface area contributed by atoms with Gasteiger partial charge in [0.2, 0.25) is 0 Å². The van der Waals surface area contributed by atoms with E-state index in [4.69, 9.17) is 0 Å². The van der Waals surface area contributed by atoms with Crippen molar-refractivity contribution in [2.75, 3.05) is 0 Å². The van der Waals surface area contributed by atoms with Gasteiger partial charge in [0, 0.05) is 0 Å². The van der Waals surface area contributed by atoms with Gasteiger partial charge in [-0.25, -0.2) is 12.1 Å². The molecule has 20 heavy (non-hydrogen) atoms. The molecule has 0 unspecified atom stereocenters. The first-order chi connectivity index (χ1) is 8.36. The van der Waals surface area contributed by atoms with Gasteiger partial charge >= 0.3 is 41.9 Å². The molecule has 2 rings (SSSR count). The number of hydrogen-bond acceptors (Lipinski definition) is 0.